The Balaban J connectivity index is 1.40. The molecule has 7 nitrogen and oxygen atoms in total. The van der Waals surface area contributed by atoms with Crippen molar-refractivity contribution in [3.63, 3.8) is 0 Å². The van der Waals surface area contributed by atoms with Crippen molar-refractivity contribution in [1.29, 1.82) is 0 Å². The number of carbonyl (C=O) groups excluding carboxylic acids is 1. The fourth-order valence-corrected chi connectivity index (χ4v) is 5.59. The van der Waals surface area contributed by atoms with E-state index in [4.69, 9.17) is 40.4 Å². The van der Waals surface area contributed by atoms with Crippen LogP contribution in [0.5, 0.6) is 0 Å². The van der Waals surface area contributed by atoms with E-state index in [0.29, 0.717) is 29.6 Å². The van der Waals surface area contributed by atoms with Gasteiger partial charge in [-0.3, -0.25) is 14.7 Å². The van der Waals surface area contributed by atoms with Crippen molar-refractivity contribution in [2.24, 2.45) is 22.2 Å². The number of nitrogens with two attached hydrogens (primary N) is 3. The van der Waals surface area contributed by atoms with Gasteiger partial charge in [0.05, 0.1) is 6.04 Å². The van der Waals surface area contributed by atoms with Gasteiger partial charge in [0.25, 0.3) is 0 Å². The monoisotopic (exact) mass is 554 g/mol. The van der Waals surface area contributed by atoms with Gasteiger partial charge in [-0.05, 0) is 59.7 Å². The fraction of sp³-hybridized carbons (Fsp3) is 0.379. The van der Waals surface area contributed by atoms with Crippen molar-refractivity contribution in [2.75, 3.05) is 32.7 Å². The molecule has 3 aromatic rings. The lowest BCUT2D eigenvalue weighted by molar-refractivity contribution is -0.137. The fourth-order valence-electron chi connectivity index (χ4n) is 5.10. The molecule has 9 heteroatoms. The summed E-state index contributed by atoms with van der Waals surface area (Å²) in [5.41, 5.74) is 19.5. The van der Waals surface area contributed by atoms with E-state index in [1.807, 2.05) is 11.0 Å². The number of carbonyl (C=O) groups is 1. The van der Waals surface area contributed by atoms with Crippen LogP contribution in [0.4, 0.5) is 0 Å². The van der Waals surface area contributed by atoms with Crippen molar-refractivity contribution in [1.82, 2.24) is 9.80 Å². The summed E-state index contributed by atoms with van der Waals surface area (Å²) < 4.78 is 0. The van der Waals surface area contributed by atoms with Crippen LogP contribution in [0, 0.1) is 0 Å². The first kappa shape index (κ1) is 28.2. The van der Waals surface area contributed by atoms with Crippen molar-refractivity contribution < 1.29 is 4.79 Å². The molecule has 1 aliphatic heterocycles. The predicted molar refractivity (Wildman–Crippen MR) is 158 cm³/mol. The van der Waals surface area contributed by atoms with E-state index in [2.05, 4.69) is 52.4 Å². The average Bonchev–Trinajstić information content (AvgIpc) is 2.91. The Hall–Kier alpha value is -2.84. The summed E-state index contributed by atoms with van der Waals surface area (Å²) in [5.74, 6) is 0.0255. The Morgan fingerprint density at radius 2 is 1.82 bits per heavy atom. The Morgan fingerprint density at radius 3 is 2.58 bits per heavy atom. The number of amides is 1. The van der Waals surface area contributed by atoms with Gasteiger partial charge in [0, 0.05) is 48.8 Å². The number of piperazine rings is 1. The molecule has 0 radical (unpaired) electrons. The molecule has 6 N–H and O–H groups in total. The topological polar surface area (TPSA) is 114 Å². The van der Waals surface area contributed by atoms with Crippen LogP contribution >= 0.6 is 23.2 Å². The van der Waals surface area contributed by atoms with Crippen LogP contribution in [0.15, 0.2) is 65.7 Å². The highest BCUT2D eigenvalue weighted by molar-refractivity contribution is 6.35. The third-order valence-corrected chi connectivity index (χ3v) is 7.73. The summed E-state index contributed by atoms with van der Waals surface area (Å²) in [5, 5.41) is 3.58. The predicted octanol–water partition coefficient (Wildman–Crippen LogP) is 3.83. The van der Waals surface area contributed by atoms with E-state index in [0.717, 1.165) is 44.5 Å². The van der Waals surface area contributed by atoms with Crippen LogP contribution in [0.25, 0.3) is 10.8 Å². The van der Waals surface area contributed by atoms with Crippen LogP contribution in [0.2, 0.25) is 10.0 Å². The number of nitrogens with zero attached hydrogens (tertiary/aromatic N) is 3. The molecule has 1 fully saturated rings. The molecule has 4 rings (SSSR count). The second-order valence-corrected chi connectivity index (χ2v) is 10.8. The summed E-state index contributed by atoms with van der Waals surface area (Å²) in [4.78, 5) is 22.0. The van der Waals surface area contributed by atoms with Gasteiger partial charge in [0.2, 0.25) is 5.91 Å². The molecule has 0 bridgehead atoms. The minimum atomic E-state index is -0.682. The highest BCUT2D eigenvalue weighted by Gasteiger charge is 2.32. The summed E-state index contributed by atoms with van der Waals surface area (Å²) in [6.07, 6.45) is 2.89. The van der Waals surface area contributed by atoms with Gasteiger partial charge in [-0.15, -0.1) is 0 Å². The third-order valence-electron chi connectivity index (χ3n) is 7.14. The highest BCUT2D eigenvalue weighted by atomic mass is 35.5. The Kier molecular flexibility index (Phi) is 9.86. The number of hydrogen-bond acceptors (Lipinski definition) is 4. The average molecular weight is 556 g/mol. The normalized spacial score (nSPS) is 16.9. The molecule has 1 saturated heterocycles. The first-order valence-electron chi connectivity index (χ1n) is 13.1. The summed E-state index contributed by atoms with van der Waals surface area (Å²) in [6, 6.07) is 19.7. The smallest absolute Gasteiger partial charge is 0.240 e. The maximum Gasteiger partial charge on any atom is 0.240 e. The number of benzene rings is 3. The molecule has 3 aromatic carbocycles. The van der Waals surface area contributed by atoms with Crippen LogP contribution in [-0.2, 0) is 17.6 Å². The van der Waals surface area contributed by atoms with Gasteiger partial charge < -0.3 is 22.1 Å². The van der Waals surface area contributed by atoms with Crippen LogP contribution < -0.4 is 17.2 Å². The van der Waals surface area contributed by atoms with E-state index in [-0.39, 0.29) is 17.9 Å². The third kappa shape index (κ3) is 7.60. The number of rotatable bonds is 10. The van der Waals surface area contributed by atoms with E-state index < -0.39 is 6.04 Å². The van der Waals surface area contributed by atoms with Gasteiger partial charge in [0.15, 0.2) is 5.96 Å². The molecule has 0 aliphatic carbocycles. The van der Waals surface area contributed by atoms with E-state index in [9.17, 15) is 4.79 Å². The summed E-state index contributed by atoms with van der Waals surface area (Å²) >= 11 is 12.4. The lowest BCUT2D eigenvalue weighted by atomic mass is 10.0. The zero-order chi connectivity index (χ0) is 27.1. The van der Waals surface area contributed by atoms with Crippen molar-refractivity contribution in [3.8, 4) is 0 Å². The van der Waals surface area contributed by atoms with Crippen LogP contribution in [0.1, 0.15) is 24.0 Å². The van der Waals surface area contributed by atoms with E-state index in [1.54, 1.807) is 12.1 Å². The molecular weight excluding hydrogens is 519 g/mol. The molecule has 0 saturated carbocycles. The van der Waals surface area contributed by atoms with Crippen LogP contribution in [-0.4, -0.2) is 66.5 Å². The lowest BCUT2D eigenvalue weighted by Gasteiger charge is -2.42. The lowest BCUT2D eigenvalue weighted by Crippen LogP contribution is -2.59. The number of halogens is 2. The van der Waals surface area contributed by atoms with Gasteiger partial charge in [-0.1, -0.05) is 71.7 Å². The number of guanidine groups is 1. The second kappa shape index (κ2) is 13.3. The molecule has 0 aromatic heterocycles. The number of fused-ring (bicyclic) bond motifs is 1. The Morgan fingerprint density at radius 1 is 1.03 bits per heavy atom. The minimum Gasteiger partial charge on any atom is -0.370 e. The van der Waals surface area contributed by atoms with Crippen molar-refractivity contribution in [2.45, 2.75) is 37.8 Å². The SMILES string of the molecule is NC(N)=NCCCC1CN(CCc2ccc3ccccc3c2)CCN1C(=O)C(N)Cc1ccc(Cl)cc1Cl. The first-order valence-corrected chi connectivity index (χ1v) is 13.8. The zero-order valence-corrected chi connectivity index (χ0v) is 23.0. The van der Waals surface area contributed by atoms with Gasteiger partial charge in [-0.2, -0.15) is 0 Å². The molecule has 1 aliphatic rings. The zero-order valence-electron chi connectivity index (χ0n) is 21.5. The maximum atomic E-state index is 13.5. The Labute approximate surface area is 234 Å². The van der Waals surface area contributed by atoms with Crippen molar-refractivity contribution in [3.05, 3.63) is 81.8 Å². The molecule has 2 unspecified atom stereocenters. The summed E-state index contributed by atoms with van der Waals surface area (Å²) in [6.45, 7) is 3.68. The van der Waals surface area contributed by atoms with E-state index >= 15 is 0 Å². The standard InChI is InChI=1S/C29H36Cl2N6O/c30-24-10-9-23(26(31)18-24)17-27(32)28(38)37-15-14-36(19-25(37)6-3-12-35-29(33)34)13-11-20-7-8-21-4-1-2-5-22(21)16-20/h1-2,4-5,7-10,16,18,25,27H,3,6,11-15,17,19,32H2,(H4,33,34,35). The first-order chi connectivity index (χ1) is 18.3. The quantitative estimate of drug-likeness (QED) is 0.200. The molecule has 0 spiro atoms. The van der Waals surface area contributed by atoms with Crippen LogP contribution in [0.3, 0.4) is 0 Å². The number of hydrogen-bond donors (Lipinski definition) is 3. The summed E-state index contributed by atoms with van der Waals surface area (Å²) in [7, 11) is 0. The molecule has 38 heavy (non-hydrogen) atoms. The molecule has 1 heterocycles. The van der Waals surface area contributed by atoms with Crippen molar-refractivity contribution >= 4 is 45.8 Å². The minimum absolute atomic E-state index is 0.0359. The maximum absolute atomic E-state index is 13.5. The molecular formula is C29H36Cl2N6O. The molecule has 202 valence electrons. The largest absolute Gasteiger partial charge is 0.370 e. The molecule has 2 atom stereocenters. The molecule has 1 amide bonds. The highest BCUT2D eigenvalue weighted by Crippen LogP contribution is 2.24. The van der Waals surface area contributed by atoms with E-state index in [1.165, 1.54) is 16.3 Å². The van der Waals surface area contributed by atoms with Gasteiger partial charge in [-0.25, -0.2) is 0 Å². The number of aliphatic imine (C=N–C) groups is 1. The second-order valence-electron chi connectivity index (χ2n) is 9.91. The van der Waals surface area contributed by atoms with Gasteiger partial charge in [0.1, 0.15) is 0 Å². The van der Waals surface area contributed by atoms with Gasteiger partial charge >= 0.3 is 0 Å². The Bertz CT molecular complexity index is 1280.